The molecule has 0 saturated heterocycles. The van der Waals surface area contributed by atoms with Crippen molar-refractivity contribution in [2.75, 3.05) is 33.0 Å². The maximum Gasteiger partial charge on any atom is 0.267 e. The second-order valence-corrected chi connectivity index (χ2v) is 5.35. The zero-order chi connectivity index (χ0) is 11.0. The molecule has 0 heterocycles. The molecule has 5 heteroatoms. The van der Waals surface area contributed by atoms with Gasteiger partial charge in [0.2, 0.25) is 0 Å². The molecular formula is C9H21NO3S. The molecule has 0 fully saturated rings. The lowest BCUT2D eigenvalue weighted by Crippen LogP contribution is -2.18. The third-order valence-corrected chi connectivity index (χ3v) is 3.07. The van der Waals surface area contributed by atoms with Crippen LogP contribution in [-0.2, 0) is 14.3 Å². The molecular weight excluding hydrogens is 202 g/mol. The van der Waals surface area contributed by atoms with Gasteiger partial charge in [-0.15, -0.1) is 0 Å². The molecule has 0 aromatic rings. The van der Waals surface area contributed by atoms with Gasteiger partial charge in [-0.25, -0.2) is 0 Å². The molecule has 0 aromatic heterocycles. The zero-order valence-corrected chi connectivity index (χ0v) is 10.1. The van der Waals surface area contributed by atoms with Gasteiger partial charge in [0.1, 0.15) is 0 Å². The van der Waals surface area contributed by atoms with E-state index in [1.165, 1.54) is 0 Å². The number of rotatable bonds is 8. The summed E-state index contributed by atoms with van der Waals surface area (Å²) in [6.07, 6.45) is 2.38. The van der Waals surface area contributed by atoms with Crippen LogP contribution >= 0.6 is 0 Å². The maximum atomic E-state index is 11.2. The molecule has 14 heavy (non-hydrogen) atoms. The van der Waals surface area contributed by atoms with Gasteiger partial charge in [0.05, 0.1) is 12.4 Å². The Kier molecular flexibility index (Phi) is 7.13. The van der Waals surface area contributed by atoms with Gasteiger partial charge in [0.25, 0.3) is 10.1 Å². The normalized spacial score (nSPS) is 12.3. The van der Waals surface area contributed by atoms with Crippen molar-refractivity contribution in [3.8, 4) is 0 Å². The first-order valence-electron chi connectivity index (χ1n) is 5.00. The predicted molar refractivity (Wildman–Crippen MR) is 57.8 cm³/mol. The summed E-state index contributed by atoms with van der Waals surface area (Å²) in [7, 11) is 0.566. The van der Waals surface area contributed by atoms with Gasteiger partial charge in [-0.3, -0.25) is 4.18 Å². The summed E-state index contributed by atoms with van der Waals surface area (Å²) in [6, 6.07) is 0. The summed E-state index contributed by atoms with van der Waals surface area (Å²) in [5, 5.41) is 0. The number of unbranched alkanes of at least 4 members (excludes halogenated alkanes) is 1. The number of hydrogen-bond acceptors (Lipinski definition) is 4. The minimum atomic E-state index is -3.28. The quantitative estimate of drug-likeness (QED) is 0.456. The van der Waals surface area contributed by atoms with Crippen LogP contribution < -0.4 is 0 Å². The van der Waals surface area contributed by atoms with E-state index in [1.807, 2.05) is 25.9 Å². The Morgan fingerprint density at radius 2 is 1.86 bits per heavy atom. The van der Waals surface area contributed by atoms with Crippen LogP contribution in [0.25, 0.3) is 0 Å². The third-order valence-electron chi connectivity index (χ3n) is 1.76. The fourth-order valence-corrected chi connectivity index (χ4v) is 1.92. The van der Waals surface area contributed by atoms with E-state index in [2.05, 4.69) is 0 Å². The lowest BCUT2D eigenvalue weighted by Gasteiger charge is -2.09. The largest absolute Gasteiger partial charge is 0.309 e. The van der Waals surface area contributed by atoms with Crippen molar-refractivity contribution >= 4 is 10.1 Å². The highest BCUT2D eigenvalue weighted by atomic mass is 32.2. The van der Waals surface area contributed by atoms with E-state index in [0.29, 0.717) is 13.0 Å². The summed E-state index contributed by atoms with van der Waals surface area (Å²) >= 11 is 0. The Balaban J connectivity index is 3.62. The zero-order valence-electron chi connectivity index (χ0n) is 9.32. The van der Waals surface area contributed by atoms with Crippen LogP contribution in [0.4, 0.5) is 0 Å². The van der Waals surface area contributed by atoms with Gasteiger partial charge >= 0.3 is 0 Å². The first-order chi connectivity index (χ1) is 6.48. The smallest absolute Gasteiger partial charge is 0.267 e. The fraction of sp³-hybridized carbons (Fsp3) is 1.00. The summed E-state index contributed by atoms with van der Waals surface area (Å²) in [5.74, 6) is 0.120. The molecule has 0 atom stereocenters. The van der Waals surface area contributed by atoms with Crippen molar-refractivity contribution in [1.29, 1.82) is 0 Å². The number of hydrogen-bond donors (Lipinski definition) is 0. The van der Waals surface area contributed by atoms with Crippen molar-refractivity contribution in [3.63, 3.8) is 0 Å². The summed E-state index contributed by atoms with van der Waals surface area (Å²) in [6.45, 7) is 3.10. The van der Waals surface area contributed by atoms with Crippen LogP contribution in [0.1, 0.15) is 26.2 Å². The van der Waals surface area contributed by atoms with Gasteiger partial charge in [0, 0.05) is 0 Å². The Morgan fingerprint density at radius 3 is 2.36 bits per heavy atom. The Morgan fingerprint density at radius 1 is 1.21 bits per heavy atom. The summed E-state index contributed by atoms with van der Waals surface area (Å²) in [4.78, 5) is 1.96. The SMILES string of the molecule is CCCCOS(=O)(=O)CCCN(C)C. The lowest BCUT2D eigenvalue weighted by molar-refractivity contribution is 0.308. The lowest BCUT2D eigenvalue weighted by atomic mass is 10.4. The first-order valence-corrected chi connectivity index (χ1v) is 6.57. The molecule has 0 radical (unpaired) electrons. The molecule has 4 nitrogen and oxygen atoms in total. The van der Waals surface area contributed by atoms with Crippen molar-refractivity contribution in [2.45, 2.75) is 26.2 Å². The Hall–Kier alpha value is -0.130. The minimum absolute atomic E-state index is 0.120. The van der Waals surface area contributed by atoms with E-state index in [0.717, 1.165) is 19.4 Å². The van der Waals surface area contributed by atoms with Gasteiger partial charge in [-0.2, -0.15) is 8.42 Å². The molecule has 0 N–H and O–H groups in total. The monoisotopic (exact) mass is 223 g/mol. The third kappa shape index (κ3) is 8.47. The second kappa shape index (κ2) is 7.20. The van der Waals surface area contributed by atoms with Gasteiger partial charge < -0.3 is 4.90 Å². The van der Waals surface area contributed by atoms with E-state index in [4.69, 9.17) is 4.18 Å². The molecule has 86 valence electrons. The van der Waals surface area contributed by atoms with Crippen molar-refractivity contribution in [1.82, 2.24) is 4.90 Å². The van der Waals surface area contributed by atoms with E-state index in [-0.39, 0.29) is 5.75 Å². The van der Waals surface area contributed by atoms with Gasteiger partial charge in [-0.05, 0) is 33.5 Å². The molecule has 0 aliphatic carbocycles. The summed E-state index contributed by atoms with van der Waals surface area (Å²) < 4.78 is 27.3. The van der Waals surface area contributed by atoms with E-state index >= 15 is 0 Å². The van der Waals surface area contributed by atoms with Crippen LogP contribution in [0, 0.1) is 0 Å². The van der Waals surface area contributed by atoms with Crippen LogP contribution in [0.5, 0.6) is 0 Å². The van der Waals surface area contributed by atoms with Crippen LogP contribution in [0.15, 0.2) is 0 Å². The molecule has 0 amide bonds. The van der Waals surface area contributed by atoms with Crippen LogP contribution in [0.2, 0.25) is 0 Å². The predicted octanol–water partition coefficient (Wildman–Crippen LogP) is 1.08. The molecule has 0 unspecified atom stereocenters. The number of nitrogens with zero attached hydrogens (tertiary/aromatic N) is 1. The average molecular weight is 223 g/mol. The molecule has 0 aliphatic rings. The van der Waals surface area contributed by atoms with E-state index in [1.54, 1.807) is 0 Å². The maximum absolute atomic E-state index is 11.2. The van der Waals surface area contributed by atoms with Crippen molar-refractivity contribution in [3.05, 3.63) is 0 Å². The molecule has 0 aliphatic heterocycles. The standard InChI is InChI=1S/C9H21NO3S/c1-4-5-8-13-14(11,12)9-6-7-10(2)3/h4-9H2,1-3H3. The van der Waals surface area contributed by atoms with Crippen LogP contribution in [0.3, 0.4) is 0 Å². The molecule has 0 rings (SSSR count). The molecule has 0 aromatic carbocycles. The van der Waals surface area contributed by atoms with E-state index in [9.17, 15) is 8.42 Å². The van der Waals surface area contributed by atoms with Gasteiger partial charge in [-0.1, -0.05) is 13.3 Å². The van der Waals surface area contributed by atoms with Crippen LogP contribution in [-0.4, -0.2) is 46.3 Å². The highest BCUT2D eigenvalue weighted by molar-refractivity contribution is 7.86. The van der Waals surface area contributed by atoms with E-state index < -0.39 is 10.1 Å². The van der Waals surface area contributed by atoms with Crippen molar-refractivity contribution < 1.29 is 12.6 Å². The fourth-order valence-electron chi connectivity index (χ4n) is 0.947. The Bertz CT molecular complexity index is 224. The van der Waals surface area contributed by atoms with Gasteiger partial charge in [0.15, 0.2) is 0 Å². The Labute approximate surface area is 87.4 Å². The highest BCUT2D eigenvalue weighted by Crippen LogP contribution is 1.99. The topological polar surface area (TPSA) is 46.6 Å². The molecule has 0 spiro atoms. The summed E-state index contributed by atoms with van der Waals surface area (Å²) in [5.41, 5.74) is 0. The average Bonchev–Trinajstić information content (AvgIpc) is 2.03. The first kappa shape index (κ1) is 13.9. The second-order valence-electron chi connectivity index (χ2n) is 3.59. The van der Waals surface area contributed by atoms with Crippen molar-refractivity contribution in [2.24, 2.45) is 0 Å². The highest BCUT2D eigenvalue weighted by Gasteiger charge is 2.10. The molecule has 0 saturated carbocycles. The molecule has 0 bridgehead atoms. The minimum Gasteiger partial charge on any atom is -0.309 e.